The van der Waals surface area contributed by atoms with E-state index in [1.54, 1.807) is 26.0 Å². The van der Waals surface area contributed by atoms with Crippen molar-refractivity contribution in [3.63, 3.8) is 0 Å². The number of alkyl halides is 5. The van der Waals surface area contributed by atoms with Crippen LogP contribution in [0.1, 0.15) is 29.9 Å². The second-order valence-corrected chi connectivity index (χ2v) is 9.46. The van der Waals surface area contributed by atoms with Crippen molar-refractivity contribution in [1.29, 1.82) is 0 Å². The van der Waals surface area contributed by atoms with Crippen LogP contribution in [0.5, 0.6) is 0 Å². The number of aliphatic hydroxyl groups is 1. The van der Waals surface area contributed by atoms with Gasteiger partial charge in [0.1, 0.15) is 23.8 Å². The molecule has 0 bridgehead atoms. The van der Waals surface area contributed by atoms with Gasteiger partial charge >= 0.3 is 6.30 Å². The largest absolute Gasteiger partial charge is 0.504 e. The highest BCUT2D eigenvalue weighted by molar-refractivity contribution is 6.13. The molecular formula is C27H23F5N6O2. The van der Waals surface area contributed by atoms with Gasteiger partial charge in [-0.3, -0.25) is 4.79 Å². The predicted octanol–water partition coefficient (Wildman–Crippen LogP) is 5.39. The van der Waals surface area contributed by atoms with Gasteiger partial charge in [0.25, 0.3) is 5.92 Å². The lowest BCUT2D eigenvalue weighted by Gasteiger charge is -2.20. The summed E-state index contributed by atoms with van der Waals surface area (Å²) >= 11 is 0. The lowest BCUT2D eigenvalue weighted by Crippen LogP contribution is -2.19. The summed E-state index contributed by atoms with van der Waals surface area (Å²) in [5.74, 6) is -2.90. The van der Waals surface area contributed by atoms with Crippen LogP contribution in [-0.4, -0.2) is 36.0 Å². The molecule has 0 aliphatic carbocycles. The fourth-order valence-corrected chi connectivity index (χ4v) is 4.51. The van der Waals surface area contributed by atoms with E-state index >= 15 is 0 Å². The van der Waals surface area contributed by atoms with Crippen molar-refractivity contribution < 1.29 is 27.1 Å². The van der Waals surface area contributed by atoms with Gasteiger partial charge in [0.2, 0.25) is 5.56 Å². The third-order valence-corrected chi connectivity index (χ3v) is 6.59. The molecule has 2 N–H and O–H groups in total. The van der Waals surface area contributed by atoms with Crippen molar-refractivity contribution in [2.45, 2.75) is 32.1 Å². The Kier molecular flexibility index (Phi) is 6.57. The van der Waals surface area contributed by atoms with Crippen molar-refractivity contribution >= 4 is 27.6 Å². The summed E-state index contributed by atoms with van der Waals surface area (Å²) in [7, 11) is 1.52. The summed E-state index contributed by atoms with van der Waals surface area (Å²) < 4.78 is 70.5. The van der Waals surface area contributed by atoms with E-state index in [2.05, 4.69) is 20.4 Å². The molecule has 3 heterocycles. The van der Waals surface area contributed by atoms with E-state index in [4.69, 9.17) is 5.11 Å². The van der Waals surface area contributed by atoms with Crippen molar-refractivity contribution in [3.8, 4) is 11.1 Å². The van der Waals surface area contributed by atoms with Gasteiger partial charge in [-0.15, -0.1) is 13.2 Å². The van der Waals surface area contributed by atoms with Gasteiger partial charge in [-0.25, -0.2) is 9.97 Å². The summed E-state index contributed by atoms with van der Waals surface area (Å²) in [5, 5.41) is 16.5. The third kappa shape index (κ3) is 4.88. The summed E-state index contributed by atoms with van der Waals surface area (Å²) in [6, 6.07) is 9.38. The number of fused-ring (bicyclic) bond motifs is 3. The molecule has 0 aliphatic heterocycles. The number of pyridine rings is 1. The number of rotatable bonds is 6. The van der Waals surface area contributed by atoms with Crippen molar-refractivity contribution in [3.05, 3.63) is 82.2 Å². The van der Waals surface area contributed by atoms with Gasteiger partial charge in [-0.1, -0.05) is 18.2 Å². The average Bonchev–Trinajstić information content (AvgIpc) is 3.37. The number of aliphatic hydroxyl groups excluding tert-OH is 1. The van der Waals surface area contributed by atoms with Gasteiger partial charge in [0.05, 0.1) is 5.52 Å². The molecule has 1 atom stereocenters. The summed E-state index contributed by atoms with van der Waals surface area (Å²) in [5.41, 5.74) is 0.809. The third-order valence-electron chi connectivity index (χ3n) is 6.59. The quantitative estimate of drug-likeness (QED) is 0.272. The Bertz CT molecular complexity index is 1810. The van der Waals surface area contributed by atoms with Gasteiger partial charge in [0.15, 0.2) is 0 Å². The molecule has 5 rings (SSSR count). The number of nitrogens with one attached hydrogen (secondary N) is 1. The van der Waals surface area contributed by atoms with Crippen LogP contribution < -0.4 is 10.9 Å². The SMILES string of the molecule is Cc1nc(N[C@H](C)c2cccc(C(F)(F)CO)c2)c2cc(-c3ccc(=O)n(C)c3)c3nn(C(F)(F)F)cc3c2n1. The zero-order valence-corrected chi connectivity index (χ0v) is 21.5. The molecule has 0 saturated heterocycles. The Labute approximate surface area is 223 Å². The molecule has 0 aliphatic rings. The first kappa shape index (κ1) is 27.2. The van der Waals surface area contributed by atoms with Crippen LogP contribution in [0.4, 0.5) is 27.8 Å². The second kappa shape index (κ2) is 9.66. The van der Waals surface area contributed by atoms with E-state index in [9.17, 15) is 26.7 Å². The fraction of sp³-hybridized carbons (Fsp3) is 0.259. The monoisotopic (exact) mass is 558 g/mol. The molecule has 40 heavy (non-hydrogen) atoms. The Morgan fingerprint density at radius 3 is 2.42 bits per heavy atom. The standard InChI is InChI=1S/C27H23F5N6O2/c1-14(16-5-4-6-18(9-16)26(28,29)13-39)33-25-20-10-19(17-7-8-22(40)37(3)11-17)24-21(23(20)34-15(2)35-25)12-38(36-24)27(30,31)32/h4-12,14,39H,13H2,1-3H3,(H,33,34,35)/t14-/m1/s1. The van der Waals surface area contributed by atoms with Crippen molar-refractivity contribution in [2.75, 3.05) is 11.9 Å². The summed E-state index contributed by atoms with van der Waals surface area (Å²) in [6.45, 7) is 1.95. The van der Waals surface area contributed by atoms with Crippen LogP contribution in [0.15, 0.2) is 59.7 Å². The first-order valence-electron chi connectivity index (χ1n) is 12.1. The summed E-state index contributed by atoms with van der Waals surface area (Å²) in [4.78, 5) is 20.8. The first-order valence-corrected chi connectivity index (χ1v) is 12.1. The highest BCUT2D eigenvalue weighted by atomic mass is 19.4. The molecule has 0 amide bonds. The minimum Gasteiger partial charge on any atom is -0.390 e. The average molecular weight is 559 g/mol. The van der Waals surface area contributed by atoms with E-state index < -0.39 is 24.9 Å². The van der Waals surface area contributed by atoms with Crippen LogP contribution in [0.2, 0.25) is 0 Å². The maximum Gasteiger partial charge on any atom is 0.504 e. The zero-order valence-electron chi connectivity index (χ0n) is 21.5. The molecule has 0 unspecified atom stereocenters. The lowest BCUT2D eigenvalue weighted by atomic mass is 10.00. The smallest absolute Gasteiger partial charge is 0.390 e. The molecule has 0 saturated carbocycles. The topological polar surface area (TPSA) is 97.9 Å². The highest BCUT2D eigenvalue weighted by Gasteiger charge is 2.33. The van der Waals surface area contributed by atoms with Crippen LogP contribution >= 0.6 is 0 Å². The highest BCUT2D eigenvalue weighted by Crippen LogP contribution is 2.38. The molecule has 2 aromatic carbocycles. The van der Waals surface area contributed by atoms with E-state index in [0.29, 0.717) is 22.1 Å². The van der Waals surface area contributed by atoms with E-state index in [1.165, 1.54) is 48.1 Å². The molecular weight excluding hydrogens is 535 g/mol. The maximum atomic E-state index is 14.1. The van der Waals surface area contributed by atoms with Crippen LogP contribution in [0.25, 0.3) is 32.9 Å². The fourth-order valence-electron chi connectivity index (χ4n) is 4.51. The van der Waals surface area contributed by atoms with Gasteiger partial charge in [-0.2, -0.15) is 18.6 Å². The molecule has 3 aromatic heterocycles. The van der Waals surface area contributed by atoms with Crippen LogP contribution in [-0.2, 0) is 19.3 Å². The Balaban J connectivity index is 1.71. The summed E-state index contributed by atoms with van der Waals surface area (Å²) in [6.07, 6.45) is -2.44. The van der Waals surface area contributed by atoms with Gasteiger partial charge in [-0.05, 0) is 37.6 Å². The second-order valence-electron chi connectivity index (χ2n) is 9.46. The number of aryl methyl sites for hydroxylation is 2. The van der Waals surface area contributed by atoms with E-state index in [1.807, 2.05) is 0 Å². The van der Waals surface area contributed by atoms with Crippen LogP contribution in [0, 0.1) is 6.92 Å². The minimum absolute atomic E-state index is 0.0273. The van der Waals surface area contributed by atoms with Crippen LogP contribution in [0.3, 0.4) is 0 Å². The lowest BCUT2D eigenvalue weighted by molar-refractivity contribution is -0.211. The van der Waals surface area contributed by atoms with Gasteiger partial charge in [0, 0.05) is 59.0 Å². The molecule has 208 valence electrons. The predicted molar refractivity (Wildman–Crippen MR) is 139 cm³/mol. The minimum atomic E-state index is -4.79. The molecule has 0 radical (unpaired) electrons. The first-order chi connectivity index (χ1) is 18.8. The number of nitrogens with zero attached hydrogens (tertiary/aromatic N) is 5. The number of hydrogen-bond donors (Lipinski definition) is 2. The van der Waals surface area contributed by atoms with E-state index in [-0.39, 0.29) is 43.9 Å². The molecule has 13 heteroatoms. The van der Waals surface area contributed by atoms with Gasteiger partial charge < -0.3 is 15.0 Å². The molecule has 0 fully saturated rings. The number of aromatic nitrogens is 5. The normalized spacial score (nSPS) is 13.2. The molecule has 0 spiro atoms. The maximum absolute atomic E-state index is 14.1. The Morgan fingerprint density at radius 2 is 1.75 bits per heavy atom. The number of hydrogen-bond acceptors (Lipinski definition) is 6. The number of anilines is 1. The molecule has 5 aromatic rings. The zero-order chi connectivity index (χ0) is 29.0. The molecule has 8 nitrogen and oxygen atoms in total. The number of halogens is 5. The van der Waals surface area contributed by atoms with E-state index in [0.717, 1.165) is 6.20 Å². The van der Waals surface area contributed by atoms with Crippen molar-refractivity contribution in [1.82, 2.24) is 24.3 Å². The van der Waals surface area contributed by atoms with Crippen molar-refractivity contribution in [2.24, 2.45) is 7.05 Å². The Hall–Kier alpha value is -4.39. The Morgan fingerprint density at radius 1 is 1.00 bits per heavy atom. The number of benzene rings is 2.